The summed E-state index contributed by atoms with van der Waals surface area (Å²) in [6, 6.07) is 12.0. The van der Waals surface area contributed by atoms with E-state index in [1.807, 2.05) is 6.08 Å². The van der Waals surface area contributed by atoms with Crippen LogP contribution in [0.1, 0.15) is 55.5 Å². The molecule has 1 aromatic heterocycles. The predicted molar refractivity (Wildman–Crippen MR) is 165 cm³/mol. The van der Waals surface area contributed by atoms with Crippen molar-refractivity contribution in [2.24, 2.45) is 5.16 Å². The van der Waals surface area contributed by atoms with Crippen molar-refractivity contribution in [2.75, 3.05) is 0 Å². The van der Waals surface area contributed by atoms with Crippen LogP contribution in [0.3, 0.4) is 0 Å². The van der Waals surface area contributed by atoms with Crippen molar-refractivity contribution < 1.29 is 23.0 Å². The Morgan fingerprint density at radius 3 is 2.55 bits per heavy atom. The SMILES string of the molecule is CCCC1(C)CB(O)c2cc(C/C=C/C=C(/C3=NOC(c4cc(Cl)c(Cl)c(Cl)c4)(C(F)(F)F)C3)c3ccc[nH]3)ccc21. The van der Waals surface area contributed by atoms with Crippen LogP contribution in [-0.2, 0) is 22.3 Å². The van der Waals surface area contributed by atoms with Gasteiger partial charge < -0.3 is 14.8 Å². The molecule has 0 saturated carbocycles. The minimum Gasteiger partial charge on any atom is -0.446 e. The highest BCUT2D eigenvalue weighted by Gasteiger charge is 2.62. The number of nitrogens with one attached hydrogen (secondary N) is 1. The molecule has 2 atom stereocenters. The number of hydrogen-bond acceptors (Lipinski definition) is 3. The summed E-state index contributed by atoms with van der Waals surface area (Å²) in [4.78, 5) is 8.24. The van der Waals surface area contributed by atoms with Crippen LogP contribution in [0.5, 0.6) is 0 Å². The lowest BCUT2D eigenvalue weighted by molar-refractivity contribution is -0.275. The third-order valence-corrected chi connectivity index (χ3v) is 9.36. The fourth-order valence-electron chi connectivity index (χ4n) is 6.04. The maximum atomic E-state index is 14.6. The van der Waals surface area contributed by atoms with Gasteiger partial charge in [-0.05, 0) is 65.4 Å². The summed E-state index contributed by atoms with van der Waals surface area (Å²) >= 11 is 18.1. The van der Waals surface area contributed by atoms with E-state index < -0.39 is 25.1 Å². The van der Waals surface area contributed by atoms with Gasteiger partial charge in [0.2, 0.25) is 0 Å². The number of alkyl halides is 3. The molecule has 2 unspecified atom stereocenters. The highest BCUT2D eigenvalue weighted by molar-refractivity contribution is 6.68. The van der Waals surface area contributed by atoms with E-state index in [-0.39, 0.29) is 31.8 Å². The van der Waals surface area contributed by atoms with Gasteiger partial charge in [-0.3, -0.25) is 0 Å². The lowest BCUT2D eigenvalue weighted by Gasteiger charge is -2.30. The molecule has 0 amide bonds. The van der Waals surface area contributed by atoms with E-state index in [0.29, 0.717) is 17.7 Å². The first-order valence-corrected chi connectivity index (χ1v) is 14.8. The lowest BCUT2D eigenvalue weighted by Crippen LogP contribution is -2.42. The Kier molecular flexibility index (Phi) is 8.65. The molecule has 0 aliphatic carbocycles. The molecule has 0 spiro atoms. The second kappa shape index (κ2) is 11.8. The largest absolute Gasteiger partial charge is 0.446 e. The number of halogens is 6. The number of allylic oxidation sites excluding steroid dienone is 4. The number of oxime groups is 1. The van der Waals surface area contributed by atoms with E-state index in [4.69, 9.17) is 39.6 Å². The van der Waals surface area contributed by atoms with Gasteiger partial charge in [-0.1, -0.05) is 96.7 Å². The number of nitrogens with zero attached hydrogens (tertiary/aromatic N) is 1. The molecule has 0 saturated heterocycles. The Morgan fingerprint density at radius 1 is 1.17 bits per heavy atom. The van der Waals surface area contributed by atoms with Gasteiger partial charge in [-0.25, -0.2) is 0 Å². The van der Waals surface area contributed by atoms with Gasteiger partial charge in [0, 0.05) is 23.0 Å². The zero-order valence-corrected chi connectivity index (χ0v) is 25.3. The molecule has 3 aromatic rings. The molecule has 220 valence electrons. The summed E-state index contributed by atoms with van der Waals surface area (Å²) < 4.78 is 43.7. The average molecular weight is 636 g/mol. The van der Waals surface area contributed by atoms with Gasteiger partial charge in [0.25, 0.3) is 5.60 Å². The maximum absolute atomic E-state index is 14.6. The summed E-state index contributed by atoms with van der Waals surface area (Å²) in [6.45, 7) is 3.87. The fraction of sp³-hybridized carbons (Fsp3) is 0.323. The molecule has 0 fully saturated rings. The minimum absolute atomic E-state index is 0.0239. The van der Waals surface area contributed by atoms with Crippen molar-refractivity contribution in [1.29, 1.82) is 0 Å². The number of fused-ring (bicyclic) bond motifs is 1. The second-order valence-corrected chi connectivity index (χ2v) is 12.3. The van der Waals surface area contributed by atoms with E-state index in [2.05, 4.69) is 42.2 Å². The molecule has 3 heterocycles. The zero-order chi connectivity index (χ0) is 30.3. The minimum atomic E-state index is -4.83. The Balaban J connectivity index is 1.40. The van der Waals surface area contributed by atoms with E-state index in [1.165, 1.54) is 5.56 Å². The van der Waals surface area contributed by atoms with Crippen LogP contribution in [-0.4, -0.2) is 28.8 Å². The van der Waals surface area contributed by atoms with Gasteiger partial charge >= 0.3 is 13.1 Å². The molecule has 0 radical (unpaired) electrons. The normalized spacial score (nSPS) is 22.5. The number of H-pyrrole nitrogens is 1. The lowest BCUT2D eigenvalue weighted by atomic mass is 9.60. The van der Waals surface area contributed by atoms with Crippen LogP contribution < -0.4 is 5.46 Å². The molecule has 11 heteroatoms. The van der Waals surface area contributed by atoms with Crippen molar-refractivity contribution in [3.8, 4) is 0 Å². The first-order valence-electron chi connectivity index (χ1n) is 13.7. The summed E-state index contributed by atoms with van der Waals surface area (Å²) in [6.07, 6.45) is 5.03. The van der Waals surface area contributed by atoms with Crippen molar-refractivity contribution in [3.05, 3.63) is 104 Å². The summed E-state index contributed by atoms with van der Waals surface area (Å²) in [7, 11) is 0. The van der Waals surface area contributed by atoms with Crippen molar-refractivity contribution >= 4 is 58.5 Å². The van der Waals surface area contributed by atoms with Crippen molar-refractivity contribution in [2.45, 2.75) is 63.0 Å². The number of aromatic nitrogens is 1. The van der Waals surface area contributed by atoms with Gasteiger partial charge in [0.05, 0.1) is 27.2 Å². The van der Waals surface area contributed by atoms with E-state index in [1.54, 1.807) is 30.5 Å². The van der Waals surface area contributed by atoms with Crippen LogP contribution in [0.4, 0.5) is 13.2 Å². The molecule has 2 aliphatic rings. The third kappa shape index (κ3) is 5.67. The molecule has 2 aliphatic heterocycles. The Hall–Kier alpha value is -2.65. The smallest absolute Gasteiger partial charge is 0.435 e. The van der Waals surface area contributed by atoms with Crippen LogP contribution in [0.15, 0.2) is 72.0 Å². The van der Waals surface area contributed by atoms with E-state index in [0.717, 1.165) is 42.3 Å². The van der Waals surface area contributed by atoms with Gasteiger partial charge in [0.15, 0.2) is 0 Å². The van der Waals surface area contributed by atoms with Crippen LogP contribution in [0.2, 0.25) is 21.4 Å². The molecule has 42 heavy (non-hydrogen) atoms. The van der Waals surface area contributed by atoms with Crippen LogP contribution >= 0.6 is 34.8 Å². The fourth-order valence-corrected chi connectivity index (χ4v) is 6.64. The van der Waals surface area contributed by atoms with Gasteiger partial charge in [-0.2, -0.15) is 13.2 Å². The molecule has 2 N–H and O–H groups in total. The predicted octanol–water partition coefficient (Wildman–Crippen LogP) is 8.65. The average Bonchev–Trinajstić information content (AvgIpc) is 3.67. The van der Waals surface area contributed by atoms with Gasteiger partial charge in [0.1, 0.15) is 0 Å². The standard InChI is InChI=1S/C31H29BCl3F3N2O2/c1-3-12-29(2)18-32(41)23-14-19(10-11-22(23)29)7-4-5-8-21(26-9-6-13-39-26)27-17-30(42-40-27,31(36,37)38)20-15-24(33)28(35)25(34)16-20/h4-6,8-11,13-16,39,41H,3,7,12,17-18H2,1-2H3/b5-4+,21-8+. The van der Waals surface area contributed by atoms with E-state index in [9.17, 15) is 18.2 Å². The second-order valence-electron chi connectivity index (χ2n) is 11.1. The number of aromatic amines is 1. The first-order chi connectivity index (χ1) is 19.9. The van der Waals surface area contributed by atoms with E-state index >= 15 is 0 Å². The van der Waals surface area contributed by atoms with Crippen LogP contribution in [0, 0.1) is 0 Å². The Bertz CT molecular complexity index is 1550. The number of hydrogen-bond donors (Lipinski definition) is 2. The number of rotatable bonds is 8. The molecular weight excluding hydrogens is 607 g/mol. The van der Waals surface area contributed by atoms with Gasteiger partial charge in [-0.15, -0.1) is 0 Å². The summed E-state index contributed by atoms with van der Waals surface area (Å²) in [5, 5.41) is 14.4. The summed E-state index contributed by atoms with van der Waals surface area (Å²) in [5.74, 6) is 0. The summed E-state index contributed by atoms with van der Waals surface area (Å²) in [5.41, 5.74) is 1.26. The quantitative estimate of drug-likeness (QED) is 0.148. The third-order valence-electron chi connectivity index (χ3n) is 8.16. The maximum Gasteiger partial charge on any atom is 0.435 e. The first kappa shape index (κ1) is 30.8. The zero-order valence-electron chi connectivity index (χ0n) is 23.0. The molecule has 5 rings (SSSR count). The topological polar surface area (TPSA) is 57.6 Å². The number of benzene rings is 2. The van der Waals surface area contributed by atoms with Crippen molar-refractivity contribution in [1.82, 2.24) is 4.98 Å². The molecule has 0 bridgehead atoms. The highest BCUT2D eigenvalue weighted by Crippen LogP contribution is 2.51. The van der Waals surface area contributed by atoms with Crippen LogP contribution in [0.25, 0.3) is 5.57 Å². The highest BCUT2D eigenvalue weighted by atomic mass is 35.5. The Morgan fingerprint density at radius 2 is 1.90 bits per heavy atom. The molecular formula is C31H29BCl3F3N2O2. The Labute approximate surface area is 258 Å². The van der Waals surface area contributed by atoms with Crippen molar-refractivity contribution in [3.63, 3.8) is 0 Å². The molecule has 4 nitrogen and oxygen atoms in total. The molecule has 2 aromatic carbocycles. The monoisotopic (exact) mass is 634 g/mol.